The molecule has 0 saturated carbocycles. The molecule has 2 heterocycles. The van der Waals surface area contributed by atoms with Crippen molar-refractivity contribution in [3.05, 3.63) is 16.1 Å². The van der Waals surface area contributed by atoms with E-state index in [4.69, 9.17) is 4.98 Å². The lowest BCUT2D eigenvalue weighted by Crippen LogP contribution is -2.48. The zero-order valence-corrected chi connectivity index (χ0v) is 14.1. The fraction of sp³-hybridized carbons (Fsp3) is 0.786. The zero-order chi connectivity index (χ0) is 14.8. The average Bonchev–Trinajstić information content (AvgIpc) is 2.88. The Balaban J connectivity index is 2.27. The first kappa shape index (κ1) is 15.9. The van der Waals surface area contributed by atoms with E-state index in [9.17, 15) is 8.42 Å². The predicted molar refractivity (Wildman–Crippen MR) is 84.1 cm³/mol. The van der Waals surface area contributed by atoms with Crippen LogP contribution in [0.3, 0.4) is 0 Å². The second kappa shape index (κ2) is 6.12. The highest BCUT2D eigenvalue weighted by molar-refractivity contribution is 7.91. The number of thiazole rings is 1. The first-order chi connectivity index (χ1) is 9.38. The van der Waals surface area contributed by atoms with Crippen molar-refractivity contribution in [3.8, 4) is 0 Å². The van der Waals surface area contributed by atoms with Crippen molar-refractivity contribution in [3.63, 3.8) is 0 Å². The lowest BCUT2D eigenvalue weighted by Gasteiger charge is -2.36. The summed E-state index contributed by atoms with van der Waals surface area (Å²) < 4.78 is 23.4. The summed E-state index contributed by atoms with van der Waals surface area (Å²) in [4.78, 5) is 4.77. The molecule has 1 saturated heterocycles. The molecule has 0 spiro atoms. The van der Waals surface area contributed by atoms with Gasteiger partial charge >= 0.3 is 0 Å². The Kier molecular flexibility index (Phi) is 4.87. The standard InChI is InChI=1S/C14H24N2O2S2/c1-4-7-15-14(5-8-20(17,18)9-6-14)13-16-12(10-19-13)11(2)3/h10-11,15H,4-9H2,1-3H3. The van der Waals surface area contributed by atoms with Crippen molar-refractivity contribution < 1.29 is 8.42 Å². The molecule has 1 fully saturated rings. The van der Waals surface area contributed by atoms with Crippen LogP contribution in [0.25, 0.3) is 0 Å². The average molecular weight is 316 g/mol. The Hall–Kier alpha value is -0.460. The van der Waals surface area contributed by atoms with Crippen LogP contribution in [-0.2, 0) is 15.4 Å². The molecule has 0 atom stereocenters. The van der Waals surface area contributed by atoms with Gasteiger partial charge in [-0.25, -0.2) is 13.4 Å². The molecule has 1 aliphatic heterocycles. The van der Waals surface area contributed by atoms with Gasteiger partial charge in [-0.1, -0.05) is 20.8 Å². The highest BCUT2D eigenvalue weighted by Crippen LogP contribution is 2.36. The Morgan fingerprint density at radius 2 is 2.05 bits per heavy atom. The van der Waals surface area contributed by atoms with E-state index in [1.807, 2.05) is 0 Å². The molecule has 0 aromatic carbocycles. The summed E-state index contributed by atoms with van der Waals surface area (Å²) in [5.74, 6) is 0.941. The largest absolute Gasteiger partial charge is 0.305 e. The van der Waals surface area contributed by atoms with Crippen LogP contribution < -0.4 is 5.32 Å². The van der Waals surface area contributed by atoms with E-state index < -0.39 is 9.84 Å². The fourth-order valence-electron chi connectivity index (χ4n) is 2.49. The third kappa shape index (κ3) is 3.40. The lowest BCUT2D eigenvalue weighted by atomic mass is 9.92. The monoisotopic (exact) mass is 316 g/mol. The van der Waals surface area contributed by atoms with Gasteiger partial charge in [-0.3, -0.25) is 0 Å². The Morgan fingerprint density at radius 3 is 2.55 bits per heavy atom. The van der Waals surface area contributed by atoms with Gasteiger partial charge in [0.15, 0.2) is 0 Å². The molecule has 0 radical (unpaired) electrons. The Morgan fingerprint density at radius 1 is 1.40 bits per heavy atom. The van der Waals surface area contributed by atoms with E-state index in [1.165, 1.54) is 0 Å². The highest BCUT2D eigenvalue weighted by atomic mass is 32.2. The van der Waals surface area contributed by atoms with Gasteiger partial charge in [0, 0.05) is 5.38 Å². The third-order valence-corrected chi connectivity index (χ3v) is 6.63. The molecule has 0 aliphatic carbocycles. The van der Waals surface area contributed by atoms with E-state index in [-0.39, 0.29) is 17.0 Å². The van der Waals surface area contributed by atoms with Gasteiger partial charge in [0.25, 0.3) is 0 Å². The molecule has 1 aromatic rings. The fourth-order valence-corrected chi connectivity index (χ4v) is 5.23. The number of rotatable bonds is 5. The molecule has 114 valence electrons. The first-order valence-corrected chi connectivity index (χ1v) is 10.00. The van der Waals surface area contributed by atoms with Gasteiger partial charge in [-0.2, -0.15) is 0 Å². The van der Waals surface area contributed by atoms with Gasteiger partial charge in [-0.15, -0.1) is 11.3 Å². The number of hydrogen-bond acceptors (Lipinski definition) is 5. The second-order valence-corrected chi connectivity index (χ2v) is 9.05. The van der Waals surface area contributed by atoms with E-state index >= 15 is 0 Å². The molecule has 6 heteroatoms. The van der Waals surface area contributed by atoms with Gasteiger partial charge in [-0.05, 0) is 31.7 Å². The van der Waals surface area contributed by atoms with E-state index in [1.54, 1.807) is 11.3 Å². The van der Waals surface area contributed by atoms with Crippen LogP contribution >= 0.6 is 11.3 Å². The van der Waals surface area contributed by atoms with Crippen molar-refractivity contribution in [1.82, 2.24) is 10.3 Å². The molecule has 1 N–H and O–H groups in total. The number of sulfone groups is 1. The van der Waals surface area contributed by atoms with Gasteiger partial charge in [0.1, 0.15) is 14.8 Å². The molecule has 0 bridgehead atoms. The molecule has 2 rings (SSSR count). The van der Waals surface area contributed by atoms with Crippen molar-refractivity contribution >= 4 is 21.2 Å². The molecule has 20 heavy (non-hydrogen) atoms. The Bertz CT molecular complexity index is 535. The molecule has 1 aliphatic rings. The maximum Gasteiger partial charge on any atom is 0.150 e. The quantitative estimate of drug-likeness (QED) is 0.907. The summed E-state index contributed by atoms with van der Waals surface area (Å²) in [6.45, 7) is 7.30. The molecule has 0 amide bonds. The van der Waals surface area contributed by atoms with Crippen molar-refractivity contribution in [2.75, 3.05) is 18.1 Å². The van der Waals surface area contributed by atoms with Crippen LogP contribution in [0.2, 0.25) is 0 Å². The first-order valence-electron chi connectivity index (χ1n) is 7.30. The minimum absolute atomic E-state index is 0.237. The molecule has 1 aromatic heterocycles. The lowest BCUT2D eigenvalue weighted by molar-refractivity contribution is 0.299. The summed E-state index contributed by atoms with van der Waals surface area (Å²) in [5.41, 5.74) is 0.871. The second-order valence-electron chi connectivity index (χ2n) is 5.89. The normalized spacial score (nSPS) is 21.2. The number of nitrogens with one attached hydrogen (secondary N) is 1. The summed E-state index contributed by atoms with van der Waals surface area (Å²) in [6, 6.07) is 0. The third-order valence-electron chi connectivity index (χ3n) is 3.92. The summed E-state index contributed by atoms with van der Waals surface area (Å²) >= 11 is 1.67. The molecular formula is C14H24N2O2S2. The molecule has 0 unspecified atom stereocenters. The zero-order valence-electron chi connectivity index (χ0n) is 12.5. The topological polar surface area (TPSA) is 59.1 Å². The Labute approximate surface area is 125 Å². The van der Waals surface area contributed by atoms with Crippen LogP contribution in [0, 0.1) is 0 Å². The smallest absolute Gasteiger partial charge is 0.150 e. The van der Waals surface area contributed by atoms with Crippen molar-refractivity contribution in [1.29, 1.82) is 0 Å². The maximum absolute atomic E-state index is 11.7. The summed E-state index contributed by atoms with van der Waals surface area (Å²) in [7, 11) is -2.86. The van der Waals surface area contributed by atoms with E-state index in [0.717, 1.165) is 23.7 Å². The molecular weight excluding hydrogens is 292 g/mol. The van der Waals surface area contributed by atoms with Gasteiger partial charge < -0.3 is 5.32 Å². The van der Waals surface area contributed by atoms with Crippen molar-refractivity contribution in [2.24, 2.45) is 0 Å². The van der Waals surface area contributed by atoms with E-state index in [0.29, 0.717) is 18.8 Å². The number of hydrogen-bond donors (Lipinski definition) is 1. The van der Waals surface area contributed by atoms with Crippen LogP contribution in [0.1, 0.15) is 56.7 Å². The van der Waals surface area contributed by atoms with E-state index in [2.05, 4.69) is 31.5 Å². The van der Waals surface area contributed by atoms with Gasteiger partial charge in [0.05, 0.1) is 22.7 Å². The summed E-state index contributed by atoms with van der Waals surface area (Å²) in [5, 5.41) is 6.74. The minimum Gasteiger partial charge on any atom is -0.305 e. The number of nitrogens with zero attached hydrogens (tertiary/aromatic N) is 1. The van der Waals surface area contributed by atoms with Crippen molar-refractivity contribution in [2.45, 2.75) is 51.5 Å². The predicted octanol–water partition coefficient (Wildman–Crippen LogP) is 2.67. The minimum atomic E-state index is -2.86. The van der Waals surface area contributed by atoms with Crippen LogP contribution in [0.4, 0.5) is 0 Å². The van der Waals surface area contributed by atoms with Crippen LogP contribution in [0.15, 0.2) is 5.38 Å². The number of aromatic nitrogens is 1. The maximum atomic E-state index is 11.7. The van der Waals surface area contributed by atoms with Gasteiger partial charge in [0.2, 0.25) is 0 Å². The van der Waals surface area contributed by atoms with Crippen LogP contribution in [-0.4, -0.2) is 31.5 Å². The molecule has 4 nitrogen and oxygen atoms in total. The highest BCUT2D eigenvalue weighted by Gasteiger charge is 2.40. The van der Waals surface area contributed by atoms with Crippen LogP contribution in [0.5, 0.6) is 0 Å². The summed E-state index contributed by atoms with van der Waals surface area (Å²) in [6.07, 6.45) is 2.32. The SMILES string of the molecule is CCCNC1(c2nc(C(C)C)cs2)CCS(=O)(=O)CC1.